The van der Waals surface area contributed by atoms with Crippen LogP contribution in [0.3, 0.4) is 0 Å². The van der Waals surface area contributed by atoms with Crippen LogP contribution in [0.25, 0.3) is 5.57 Å². The molecule has 1 atom stereocenters. The van der Waals surface area contributed by atoms with Crippen molar-refractivity contribution in [1.29, 1.82) is 0 Å². The van der Waals surface area contributed by atoms with Crippen LogP contribution < -0.4 is 5.32 Å². The average Bonchev–Trinajstić information content (AvgIpc) is 3.08. The molecule has 0 saturated heterocycles. The number of halogens is 2. The monoisotopic (exact) mass is 401 g/mol. The number of rotatable bonds is 5. The van der Waals surface area contributed by atoms with E-state index in [-0.39, 0.29) is 5.04 Å². The van der Waals surface area contributed by atoms with Gasteiger partial charge in [-0.05, 0) is 47.5 Å². The normalized spacial score (nSPS) is 20.3. The van der Waals surface area contributed by atoms with Crippen molar-refractivity contribution in [2.24, 2.45) is 0 Å². The molecule has 0 radical (unpaired) electrons. The summed E-state index contributed by atoms with van der Waals surface area (Å²) < 4.78 is 34.6. The minimum absolute atomic E-state index is 0.0880. The topological polar surface area (TPSA) is 21.3 Å². The molecule has 2 aromatic carbocycles. The van der Waals surface area contributed by atoms with Gasteiger partial charge in [0, 0.05) is 12.1 Å². The molecule has 0 fully saturated rings. The molecule has 0 saturated carbocycles. The summed E-state index contributed by atoms with van der Waals surface area (Å²) in [6.07, 6.45) is 2.01. The van der Waals surface area contributed by atoms with Crippen LogP contribution >= 0.6 is 0 Å². The van der Waals surface area contributed by atoms with Gasteiger partial charge in [-0.25, -0.2) is 8.78 Å². The highest BCUT2D eigenvalue weighted by molar-refractivity contribution is 6.74. The lowest BCUT2D eigenvalue weighted by Gasteiger charge is -2.40. The number of nitrogens with one attached hydrogen (secondary N) is 1. The van der Waals surface area contributed by atoms with Gasteiger partial charge in [0.1, 0.15) is 11.6 Å². The lowest BCUT2D eigenvalue weighted by molar-refractivity contribution is 0.210. The van der Waals surface area contributed by atoms with Gasteiger partial charge in [0.2, 0.25) is 0 Å². The van der Waals surface area contributed by atoms with E-state index in [1.165, 1.54) is 12.1 Å². The van der Waals surface area contributed by atoms with Gasteiger partial charge in [0.25, 0.3) is 0 Å². The van der Waals surface area contributed by atoms with E-state index in [1.807, 2.05) is 36.4 Å². The Morgan fingerprint density at radius 3 is 2.39 bits per heavy atom. The lowest BCUT2D eigenvalue weighted by Crippen LogP contribution is -2.48. The third-order valence-corrected chi connectivity index (χ3v) is 10.5. The SMILES string of the molecule is CC(C)(C)[Si](C)(C)OC[C@@]1(c2ccccc2)C=C(c2cc(F)ccc2F)CN1. The quantitative estimate of drug-likeness (QED) is 0.633. The molecular weight excluding hydrogens is 372 g/mol. The second-order valence-corrected chi connectivity index (χ2v) is 13.8. The standard InChI is InChI=1S/C23H29F2NOSi/c1-22(2,3)28(4,5)27-16-23(18-9-7-6-8-10-18)14-17(15-26-23)20-13-19(24)11-12-21(20)25/h6-14,26H,15-16H2,1-5H3/t23-/m1/s1. The highest BCUT2D eigenvalue weighted by Crippen LogP contribution is 2.40. The van der Waals surface area contributed by atoms with E-state index in [2.05, 4.69) is 39.2 Å². The van der Waals surface area contributed by atoms with Gasteiger partial charge in [0.05, 0.1) is 12.1 Å². The predicted molar refractivity (Wildman–Crippen MR) is 114 cm³/mol. The van der Waals surface area contributed by atoms with E-state index in [0.717, 1.165) is 17.2 Å². The Morgan fingerprint density at radius 1 is 1.07 bits per heavy atom. The van der Waals surface area contributed by atoms with Gasteiger partial charge in [-0.15, -0.1) is 0 Å². The Kier molecular flexibility index (Phi) is 5.63. The summed E-state index contributed by atoms with van der Waals surface area (Å²) in [5.41, 5.74) is 1.54. The molecule has 28 heavy (non-hydrogen) atoms. The van der Waals surface area contributed by atoms with Gasteiger partial charge in [0.15, 0.2) is 8.32 Å². The maximum Gasteiger partial charge on any atom is 0.192 e. The van der Waals surface area contributed by atoms with Gasteiger partial charge in [-0.2, -0.15) is 0 Å². The van der Waals surface area contributed by atoms with E-state index in [9.17, 15) is 8.78 Å². The molecule has 0 aliphatic carbocycles. The summed E-state index contributed by atoms with van der Waals surface area (Å²) in [5.74, 6) is -0.851. The molecule has 0 unspecified atom stereocenters. The fraction of sp³-hybridized carbons (Fsp3) is 0.391. The zero-order valence-corrected chi connectivity index (χ0v) is 18.3. The Bertz CT molecular complexity index is 874. The smallest absolute Gasteiger partial charge is 0.192 e. The summed E-state index contributed by atoms with van der Waals surface area (Å²) in [4.78, 5) is 0. The van der Waals surface area contributed by atoms with Crippen LogP contribution in [0.15, 0.2) is 54.6 Å². The maximum atomic E-state index is 14.3. The van der Waals surface area contributed by atoms with Crippen LogP contribution in [0, 0.1) is 11.6 Å². The molecule has 0 aromatic heterocycles. The van der Waals surface area contributed by atoms with Crippen molar-refractivity contribution in [1.82, 2.24) is 5.32 Å². The van der Waals surface area contributed by atoms with Crippen LogP contribution in [-0.2, 0) is 9.96 Å². The third-order valence-electron chi connectivity index (χ3n) is 6.05. The highest BCUT2D eigenvalue weighted by atomic mass is 28.4. The second kappa shape index (κ2) is 7.54. The van der Waals surface area contributed by atoms with Crippen molar-refractivity contribution < 1.29 is 13.2 Å². The molecular formula is C23H29F2NOSi. The number of benzene rings is 2. The minimum atomic E-state index is -1.98. The molecule has 0 spiro atoms. The van der Waals surface area contributed by atoms with Crippen molar-refractivity contribution in [3.05, 3.63) is 77.4 Å². The first-order valence-electron chi connectivity index (χ1n) is 9.66. The van der Waals surface area contributed by atoms with Crippen molar-refractivity contribution in [2.75, 3.05) is 13.2 Å². The molecule has 3 rings (SSSR count). The summed E-state index contributed by atoms with van der Waals surface area (Å²) in [5, 5.41) is 3.61. The van der Waals surface area contributed by atoms with E-state index in [0.29, 0.717) is 18.7 Å². The molecule has 2 nitrogen and oxygen atoms in total. The van der Waals surface area contributed by atoms with Gasteiger partial charge < -0.3 is 4.43 Å². The molecule has 150 valence electrons. The van der Waals surface area contributed by atoms with Crippen molar-refractivity contribution >= 4 is 13.9 Å². The maximum absolute atomic E-state index is 14.3. The van der Waals surface area contributed by atoms with E-state index in [4.69, 9.17) is 4.43 Å². The van der Waals surface area contributed by atoms with Crippen LogP contribution in [0.1, 0.15) is 31.9 Å². The third kappa shape index (κ3) is 4.12. The fourth-order valence-electron chi connectivity index (χ4n) is 3.18. The van der Waals surface area contributed by atoms with Gasteiger partial charge in [-0.1, -0.05) is 57.2 Å². The second-order valence-electron chi connectivity index (χ2n) is 9.03. The van der Waals surface area contributed by atoms with Gasteiger partial charge in [-0.3, -0.25) is 5.32 Å². The Balaban J connectivity index is 2.00. The highest BCUT2D eigenvalue weighted by Gasteiger charge is 2.42. The zero-order chi connectivity index (χ0) is 20.6. The number of hydrogen-bond donors (Lipinski definition) is 1. The van der Waals surface area contributed by atoms with Crippen LogP contribution in [0.5, 0.6) is 0 Å². The molecule has 0 amide bonds. The first kappa shape index (κ1) is 20.9. The average molecular weight is 402 g/mol. The lowest BCUT2D eigenvalue weighted by atomic mass is 9.90. The zero-order valence-electron chi connectivity index (χ0n) is 17.3. The van der Waals surface area contributed by atoms with Crippen molar-refractivity contribution in [2.45, 2.75) is 44.4 Å². The minimum Gasteiger partial charge on any atom is -0.414 e. The van der Waals surface area contributed by atoms with Crippen LogP contribution in [-0.4, -0.2) is 21.5 Å². The molecule has 1 aliphatic rings. The van der Waals surface area contributed by atoms with E-state index >= 15 is 0 Å². The number of hydrogen-bond acceptors (Lipinski definition) is 2. The summed E-state index contributed by atoms with van der Waals surface area (Å²) in [6.45, 7) is 12.0. The summed E-state index contributed by atoms with van der Waals surface area (Å²) in [7, 11) is -1.98. The Labute approximate surface area is 167 Å². The van der Waals surface area contributed by atoms with Gasteiger partial charge >= 0.3 is 0 Å². The Hall–Kier alpha value is -1.82. The summed E-state index contributed by atoms with van der Waals surface area (Å²) in [6, 6.07) is 13.6. The molecule has 1 N–H and O–H groups in total. The van der Waals surface area contributed by atoms with Crippen molar-refractivity contribution in [3.8, 4) is 0 Å². The molecule has 5 heteroatoms. The molecule has 1 heterocycles. The molecule has 0 bridgehead atoms. The largest absolute Gasteiger partial charge is 0.414 e. The van der Waals surface area contributed by atoms with E-state index in [1.54, 1.807) is 0 Å². The van der Waals surface area contributed by atoms with Crippen molar-refractivity contribution in [3.63, 3.8) is 0 Å². The molecule has 1 aliphatic heterocycles. The van der Waals surface area contributed by atoms with E-state index < -0.39 is 25.5 Å². The first-order chi connectivity index (χ1) is 13.0. The predicted octanol–water partition coefficient (Wildman–Crippen LogP) is 5.87. The van der Waals surface area contributed by atoms with Crippen LogP contribution in [0.2, 0.25) is 18.1 Å². The molecule has 2 aromatic rings. The first-order valence-corrected chi connectivity index (χ1v) is 12.6. The fourth-order valence-corrected chi connectivity index (χ4v) is 4.20. The van der Waals surface area contributed by atoms with Crippen LogP contribution in [0.4, 0.5) is 8.78 Å². The Morgan fingerprint density at radius 2 is 1.75 bits per heavy atom. The summed E-state index contributed by atoms with van der Waals surface area (Å²) >= 11 is 0.